The van der Waals surface area contributed by atoms with Gasteiger partial charge < -0.3 is 14.8 Å². The van der Waals surface area contributed by atoms with Crippen molar-refractivity contribution in [1.29, 1.82) is 0 Å². The molecule has 0 radical (unpaired) electrons. The first-order chi connectivity index (χ1) is 13.9. The molecule has 1 aromatic heterocycles. The third kappa shape index (κ3) is 5.14. The molecule has 1 heterocycles. The molecule has 12 heteroatoms. The van der Waals surface area contributed by atoms with Crippen LogP contribution in [0, 0.1) is 4.77 Å². The quantitative estimate of drug-likeness (QED) is 0.474. The van der Waals surface area contributed by atoms with Crippen LogP contribution in [0.15, 0.2) is 23.1 Å². The minimum absolute atomic E-state index is 0.0128. The Morgan fingerprint density at radius 3 is 2.69 bits per heavy atom. The Balaban J connectivity index is 1.51. The number of methoxy groups -OCH3 is 2. The smallest absolute Gasteiger partial charge is 0.240 e. The Morgan fingerprint density at radius 2 is 2.03 bits per heavy atom. The summed E-state index contributed by atoms with van der Waals surface area (Å²) in [6, 6.07) is 4.63. The predicted octanol–water partition coefficient (Wildman–Crippen LogP) is 1.28. The third-order valence-corrected chi connectivity index (χ3v) is 6.19. The van der Waals surface area contributed by atoms with Gasteiger partial charge in [-0.2, -0.15) is 5.10 Å². The number of aromatic amines is 1. The Hall–Kier alpha value is -2.44. The molecule has 1 aromatic carbocycles. The summed E-state index contributed by atoms with van der Waals surface area (Å²) < 4.78 is 39.9. The molecule has 29 heavy (non-hydrogen) atoms. The molecular weight excluding hydrogens is 418 g/mol. The summed E-state index contributed by atoms with van der Waals surface area (Å²) in [4.78, 5) is 12.1. The van der Waals surface area contributed by atoms with E-state index in [4.69, 9.17) is 21.7 Å². The molecule has 2 aromatic rings. The van der Waals surface area contributed by atoms with Gasteiger partial charge in [-0.3, -0.25) is 14.5 Å². The van der Waals surface area contributed by atoms with Crippen molar-refractivity contribution in [3.8, 4) is 11.5 Å². The molecule has 0 atom stereocenters. The number of carbonyl (C=O) groups excluding carboxylic acids is 1. The van der Waals surface area contributed by atoms with Crippen LogP contribution in [0.5, 0.6) is 11.5 Å². The number of hydrogen-bond donors (Lipinski definition) is 3. The lowest BCUT2D eigenvalue weighted by atomic mass is 10.3. The van der Waals surface area contributed by atoms with Crippen molar-refractivity contribution >= 4 is 28.1 Å². The highest BCUT2D eigenvalue weighted by Crippen LogP contribution is 2.35. The third-order valence-electron chi connectivity index (χ3n) is 4.44. The fourth-order valence-electron chi connectivity index (χ4n) is 2.80. The normalized spacial score (nSPS) is 13.9. The number of benzene rings is 1. The highest BCUT2D eigenvalue weighted by molar-refractivity contribution is 7.89. The van der Waals surface area contributed by atoms with E-state index in [1.807, 2.05) is 4.57 Å². The number of amides is 1. The molecule has 158 valence electrons. The first kappa shape index (κ1) is 21.3. The lowest BCUT2D eigenvalue weighted by Crippen LogP contribution is -2.31. The second kappa shape index (κ2) is 8.93. The summed E-state index contributed by atoms with van der Waals surface area (Å²) in [6.07, 6.45) is 2.08. The van der Waals surface area contributed by atoms with Crippen LogP contribution in [0.1, 0.15) is 31.1 Å². The van der Waals surface area contributed by atoms with E-state index in [1.165, 1.54) is 32.4 Å². The minimum Gasteiger partial charge on any atom is -0.493 e. The highest BCUT2D eigenvalue weighted by Gasteiger charge is 2.27. The standard InChI is InChI=1S/C17H23N5O5S2/c1-26-13-6-5-12(9-14(13)27-2)29(24,25)19-8-7-16(23)18-10-15-20-21-17(28)22(15)11-3-4-11/h5-6,9,11,19H,3-4,7-8,10H2,1-2H3,(H,18,23)(H,21,28). The van der Waals surface area contributed by atoms with Crippen LogP contribution in [0.3, 0.4) is 0 Å². The van der Waals surface area contributed by atoms with E-state index in [0.29, 0.717) is 28.1 Å². The van der Waals surface area contributed by atoms with Crippen LogP contribution in [0.25, 0.3) is 0 Å². The fraction of sp³-hybridized carbons (Fsp3) is 0.471. The number of hydrogen-bond acceptors (Lipinski definition) is 7. The van der Waals surface area contributed by atoms with Gasteiger partial charge in [-0.1, -0.05) is 0 Å². The molecule has 1 amide bonds. The SMILES string of the molecule is COc1ccc(S(=O)(=O)NCCC(=O)NCc2n[nH]c(=S)n2C2CC2)cc1OC. The van der Waals surface area contributed by atoms with E-state index in [2.05, 4.69) is 20.2 Å². The molecule has 0 spiro atoms. The Bertz CT molecular complexity index is 1040. The summed E-state index contributed by atoms with van der Waals surface area (Å²) >= 11 is 5.20. The molecule has 10 nitrogen and oxygen atoms in total. The number of ether oxygens (including phenoxy) is 2. The summed E-state index contributed by atoms with van der Waals surface area (Å²) in [5, 5.41) is 9.61. The van der Waals surface area contributed by atoms with Crippen molar-refractivity contribution in [3.63, 3.8) is 0 Å². The molecule has 1 aliphatic carbocycles. The van der Waals surface area contributed by atoms with Gasteiger partial charge in [-0.25, -0.2) is 13.1 Å². The Labute approximate surface area is 173 Å². The molecule has 0 unspecified atom stereocenters. The molecule has 3 rings (SSSR count). The number of nitrogens with zero attached hydrogens (tertiary/aromatic N) is 2. The molecular formula is C17H23N5O5S2. The summed E-state index contributed by atoms with van der Waals surface area (Å²) in [5.74, 6) is 1.10. The predicted molar refractivity (Wildman–Crippen MR) is 107 cm³/mol. The number of rotatable bonds is 10. The number of H-pyrrole nitrogens is 1. The molecule has 1 fully saturated rings. The van der Waals surface area contributed by atoms with Crippen molar-refractivity contribution < 1.29 is 22.7 Å². The van der Waals surface area contributed by atoms with Crippen molar-refractivity contribution in [2.45, 2.75) is 36.7 Å². The van der Waals surface area contributed by atoms with Crippen LogP contribution >= 0.6 is 12.2 Å². The van der Waals surface area contributed by atoms with Gasteiger partial charge in [-0.05, 0) is 37.2 Å². The summed E-state index contributed by atoms with van der Waals surface area (Å²) in [6.45, 7) is 0.183. The minimum atomic E-state index is -3.79. The van der Waals surface area contributed by atoms with Crippen molar-refractivity contribution in [2.75, 3.05) is 20.8 Å². The number of aromatic nitrogens is 3. The van der Waals surface area contributed by atoms with Gasteiger partial charge in [0.15, 0.2) is 22.1 Å². The van der Waals surface area contributed by atoms with Gasteiger partial charge in [0.1, 0.15) is 0 Å². The molecule has 1 saturated carbocycles. The van der Waals surface area contributed by atoms with E-state index >= 15 is 0 Å². The maximum atomic E-state index is 12.4. The topological polar surface area (TPSA) is 127 Å². The average Bonchev–Trinajstić information content (AvgIpc) is 3.47. The van der Waals surface area contributed by atoms with Gasteiger partial charge in [0.05, 0.1) is 25.7 Å². The Kier molecular flexibility index (Phi) is 6.55. The lowest BCUT2D eigenvalue weighted by Gasteiger charge is -2.11. The zero-order chi connectivity index (χ0) is 21.0. The monoisotopic (exact) mass is 441 g/mol. The van der Waals surface area contributed by atoms with Crippen molar-refractivity contribution in [2.24, 2.45) is 0 Å². The number of nitrogens with one attached hydrogen (secondary N) is 3. The highest BCUT2D eigenvalue weighted by atomic mass is 32.2. The molecule has 0 bridgehead atoms. The van der Waals surface area contributed by atoms with Gasteiger partial charge in [0, 0.05) is 25.1 Å². The van der Waals surface area contributed by atoms with Gasteiger partial charge in [0.25, 0.3) is 0 Å². The van der Waals surface area contributed by atoms with Crippen LogP contribution in [0.4, 0.5) is 0 Å². The van der Waals surface area contributed by atoms with Gasteiger partial charge in [0.2, 0.25) is 15.9 Å². The molecule has 0 saturated heterocycles. The van der Waals surface area contributed by atoms with Gasteiger partial charge >= 0.3 is 0 Å². The van der Waals surface area contributed by atoms with Crippen LogP contribution in [0.2, 0.25) is 0 Å². The fourth-order valence-corrected chi connectivity index (χ4v) is 4.15. The van der Waals surface area contributed by atoms with E-state index < -0.39 is 10.0 Å². The van der Waals surface area contributed by atoms with Crippen LogP contribution in [-0.4, -0.2) is 49.9 Å². The number of sulfonamides is 1. The van der Waals surface area contributed by atoms with E-state index in [0.717, 1.165) is 12.8 Å². The number of carbonyl (C=O) groups is 1. The van der Waals surface area contributed by atoms with Gasteiger partial charge in [-0.15, -0.1) is 0 Å². The van der Waals surface area contributed by atoms with Crippen LogP contribution < -0.4 is 19.5 Å². The second-order valence-corrected chi connectivity index (χ2v) is 8.64. The second-order valence-electron chi connectivity index (χ2n) is 6.49. The molecule has 3 N–H and O–H groups in total. The maximum Gasteiger partial charge on any atom is 0.240 e. The van der Waals surface area contributed by atoms with Crippen molar-refractivity contribution in [3.05, 3.63) is 28.8 Å². The first-order valence-corrected chi connectivity index (χ1v) is 10.9. The first-order valence-electron chi connectivity index (χ1n) is 9.00. The zero-order valence-corrected chi connectivity index (χ0v) is 17.7. The van der Waals surface area contributed by atoms with Crippen LogP contribution in [-0.2, 0) is 21.4 Å². The zero-order valence-electron chi connectivity index (χ0n) is 16.1. The van der Waals surface area contributed by atoms with E-state index in [-0.39, 0.29) is 30.3 Å². The summed E-state index contributed by atoms with van der Waals surface area (Å²) in [5.41, 5.74) is 0. The molecule has 1 aliphatic rings. The molecule has 0 aliphatic heterocycles. The Morgan fingerprint density at radius 1 is 1.31 bits per heavy atom. The van der Waals surface area contributed by atoms with E-state index in [9.17, 15) is 13.2 Å². The van der Waals surface area contributed by atoms with Crippen molar-refractivity contribution in [1.82, 2.24) is 24.8 Å². The average molecular weight is 442 g/mol. The maximum absolute atomic E-state index is 12.4. The summed E-state index contributed by atoms with van der Waals surface area (Å²) in [7, 11) is -0.898. The van der Waals surface area contributed by atoms with E-state index in [1.54, 1.807) is 0 Å². The lowest BCUT2D eigenvalue weighted by molar-refractivity contribution is -0.121. The largest absolute Gasteiger partial charge is 0.493 e.